The molecule has 0 radical (unpaired) electrons. The number of hydrogen-bond acceptors (Lipinski definition) is 7. The predicted octanol–water partition coefficient (Wildman–Crippen LogP) is 4.58. The van der Waals surface area contributed by atoms with Crippen LogP contribution in [0.1, 0.15) is 21.8 Å². The topological polar surface area (TPSA) is 80.8 Å². The number of anilines is 1. The van der Waals surface area contributed by atoms with Crippen molar-refractivity contribution in [3.63, 3.8) is 0 Å². The number of halogens is 1. The lowest BCUT2D eigenvalue weighted by Crippen LogP contribution is -2.51. The summed E-state index contributed by atoms with van der Waals surface area (Å²) in [7, 11) is 6.35. The van der Waals surface area contributed by atoms with E-state index in [1.54, 1.807) is 57.6 Å². The second-order valence-electron chi connectivity index (χ2n) is 10.4. The molecule has 2 atom stereocenters. The quantitative estimate of drug-likeness (QED) is 0.378. The van der Waals surface area contributed by atoms with E-state index in [-0.39, 0.29) is 17.7 Å². The molecule has 0 saturated carbocycles. The molecular weight excluding hydrogens is 558 g/mol. The molecule has 3 aromatic carbocycles. The maximum atomic E-state index is 14.2. The van der Waals surface area contributed by atoms with Crippen LogP contribution in [-0.2, 0) is 4.79 Å². The van der Waals surface area contributed by atoms with Gasteiger partial charge < -0.3 is 33.6 Å². The third kappa shape index (κ3) is 5.79. The number of rotatable bonds is 8. The highest BCUT2D eigenvalue weighted by molar-refractivity contribution is 6.30. The number of likely N-dealkylation sites (tertiary alicyclic amines) is 1. The SMILES string of the molecule is COc1ccccc1N1CCN(C(=O)C2CN(C(=O)c3ccc(Cl)cc3)CC2c2cc(OC)c(OC)c(OC)c2)CC1. The van der Waals surface area contributed by atoms with E-state index < -0.39 is 5.92 Å². The summed E-state index contributed by atoms with van der Waals surface area (Å²) in [6.45, 7) is 3.18. The molecule has 222 valence electrons. The van der Waals surface area contributed by atoms with E-state index >= 15 is 0 Å². The number of methoxy groups -OCH3 is 4. The smallest absolute Gasteiger partial charge is 0.253 e. The van der Waals surface area contributed by atoms with Crippen molar-refractivity contribution < 1.29 is 28.5 Å². The number of hydrogen-bond donors (Lipinski definition) is 0. The van der Waals surface area contributed by atoms with Gasteiger partial charge in [0, 0.05) is 55.8 Å². The van der Waals surface area contributed by atoms with E-state index in [1.807, 2.05) is 41.3 Å². The first-order valence-corrected chi connectivity index (χ1v) is 14.3. The van der Waals surface area contributed by atoms with Gasteiger partial charge in [-0.2, -0.15) is 0 Å². The number of carbonyl (C=O) groups is 2. The minimum atomic E-state index is -0.443. The molecule has 5 rings (SSSR count). The van der Waals surface area contributed by atoms with Crippen LogP contribution in [0.3, 0.4) is 0 Å². The van der Waals surface area contributed by atoms with Crippen LogP contribution in [-0.4, -0.2) is 89.3 Å². The molecule has 0 aromatic heterocycles. The van der Waals surface area contributed by atoms with Crippen molar-refractivity contribution in [3.05, 3.63) is 76.8 Å². The van der Waals surface area contributed by atoms with Gasteiger partial charge >= 0.3 is 0 Å². The molecule has 3 aromatic rings. The Balaban J connectivity index is 1.42. The number of piperazine rings is 1. The maximum Gasteiger partial charge on any atom is 0.253 e. The summed E-state index contributed by atoms with van der Waals surface area (Å²) in [5, 5.41) is 0.559. The molecule has 42 heavy (non-hydrogen) atoms. The fourth-order valence-electron chi connectivity index (χ4n) is 5.94. The molecule has 0 spiro atoms. The van der Waals surface area contributed by atoms with E-state index in [9.17, 15) is 9.59 Å². The van der Waals surface area contributed by atoms with Gasteiger partial charge in [0.2, 0.25) is 11.7 Å². The average molecular weight is 594 g/mol. The molecule has 0 N–H and O–H groups in total. The first-order chi connectivity index (χ1) is 20.4. The zero-order chi connectivity index (χ0) is 29.8. The van der Waals surface area contributed by atoms with Gasteiger partial charge in [-0.1, -0.05) is 23.7 Å². The predicted molar refractivity (Wildman–Crippen MR) is 161 cm³/mol. The maximum absolute atomic E-state index is 14.2. The molecule has 2 aliphatic heterocycles. The third-order valence-corrected chi connectivity index (χ3v) is 8.40. The van der Waals surface area contributed by atoms with Crippen LogP contribution < -0.4 is 23.8 Å². The summed E-state index contributed by atoms with van der Waals surface area (Å²) in [4.78, 5) is 33.6. The highest BCUT2D eigenvalue weighted by Crippen LogP contribution is 2.44. The standard InChI is InChI=1S/C32H36ClN3O6/c1-39-27-8-6-5-7-26(27)34-13-15-35(16-14-34)32(38)25-20-36(31(37)21-9-11-23(33)12-10-21)19-24(25)22-17-28(40-2)30(42-4)29(18-22)41-3/h5-12,17-18,24-25H,13-16,19-20H2,1-4H3. The number of benzene rings is 3. The van der Waals surface area contributed by atoms with Crippen molar-refractivity contribution >= 4 is 29.1 Å². The monoisotopic (exact) mass is 593 g/mol. The van der Waals surface area contributed by atoms with Gasteiger partial charge in [-0.05, 0) is 54.1 Å². The molecule has 2 aliphatic rings. The first kappa shape index (κ1) is 29.4. The summed E-state index contributed by atoms with van der Waals surface area (Å²) in [5.41, 5.74) is 2.39. The van der Waals surface area contributed by atoms with E-state index in [0.717, 1.165) is 17.0 Å². The summed E-state index contributed by atoms with van der Waals surface area (Å²) < 4.78 is 22.3. The Bertz CT molecular complexity index is 1400. The van der Waals surface area contributed by atoms with Crippen molar-refractivity contribution in [2.45, 2.75) is 5.92 Å². The Morgan fingerprint density at radius 2 is 1.36 bits per heavy atom. The van der Waals surface area contributed by atoms with Crippen LogP contribution in [0.4, 0.5) is 5.69 Å². The van der Waals surface area contributed by atoms with Crippen LogP contribution in [0.15, 0.2) is 60.7 Å². The minimum absolute atomic E-state index is 0.0276. The van der Waals surface area contributed by atoms with Crippen molar-refractivity contribution in [2.24, 2.45) is 5.92 Å². The fourth-order valence-corrected chi connectivity index (χ4v) is 6.07. The number of para-hydroxylation sites is 2. The lowest BCUT2D eigenvalue weighted by atomic mass is 9.87. The molecule has 0 aliphatic carbocycles. The van der Waals surface area contributed by atoms with E-state index in [2.05, 4.69) is 4.90 Å². The summed E-state index contributed by atoms with van der Waals surface area (Å²) in [5.74, 6) is 1.48. The van der Waals surface area contributed by atoms with Gasteiger partial charge in [0.05, 0.1) is 40.0 Å². The molecule has 2 amide bonds. The van der Waals surface area contributed by atoms with Crippen LogP contribution in [0.25, 0.3) is 0 Å². The first-order valence-electron chi connectivity index (χ1n) is 13.9. The Morgan fingerprint density at radius 3 is 1.95 bits per heavy atom. The second-order valence-corrected chi connectivity index (χ2v) is 10.8. The van der Waals surface area contributed by atoms with E-state index in [1.165, 1.54) is 0 Å². The van der Waals surface area contributed by atoms with Crippen LogP contribution in [0.5, 0.6) is 23.0 Å². The third-order valence-electron chi connectivity index (χ3n) is 8.15. The normalized spacial score (nSPS) is 18.5. The van der Waals surface area contributed by atoms with Crippen LogP contribution in [0.2, 0.25) is 5.02 Å². The summed E-state index contributed by atoms with van der Waals surface area (Å²) >= 11 is 6.06. The highest BCUT2D eigenvalue weighted by atomic mass is 35.5. The van der Waals surface area contributed by atoms with Crippen molar-refractivity contribution in [1.82, 2.24) is 9.80 Å². The molecule has 0 bridgehead atoms. The van der Waals surface area contributed by atoms with Crippen LogP contribution >= 0.6 is 11.6 Å². The lowest BCUT2D eigenvalue weighted by Gasteiger charge is -2.38. The highest BCUT2D eigenvalue weighted by Gasteiger charge is 2.43. The molecule has 2 heterocycles. The van der Waals surface area contributed by atoms with Gasteiger partial charge in [0.1, 0.15) is 5.75 Å². The minimum Gasteiger partial charge on any atom is -0.495 e. The van der Waals surface area contributed by atoms with Crippen molar-refractivity contribution in [3.8, 4) is 23.0 Å². The molecule has 2 fully saturated rings. The van der Waals surface area contributed by atoms with Gasteiger partial charge in [0.15, 0.2) is 11.5 Å². The van der Waals surface area contributed by atoms with E-state index in [0.29, 0.717) is 67.1 Å². The molecular formula is C32H36ClN3O6. The zero-order valence-corrected chi connectivity index (χ0v) is 25.1. The Labute approximate surface area is 251 Å². The van der Waals surface area contributed by atoms with Gasteiger partial charge in [0.25, 0.3) is 5.91 Å². The number of ether oxygens (including phenoxy) is 4. The Morgan fingerprint density at radius 1 is 0.738 bits per heavy atom. The van der Waals surface area contributed by atoms with Crippen molar-refractivity contribution in [2.75, 3.05) is 72.6 Å². The number of amides is 2. The number of carbonyl (C=O) groups excluding carboxylic acids is 2. The van der Waals surface area contributed by atoms with Crippen molar-refractivity contribution in [1.29, 1.82) is 0 Å². The number of nitrogens with zero attached hydrogens (tertiary/aromatic N) is 3. The second kappa shape index (κ2) is 12.8. The van der Waals surface area contributed by atoms with Gasteiger partial charge in [-0.3, -0.25) is 9.59 Å². The van der Waals surface area contributed by atoms with Gasteiger partial charge in [-0.15, -0.1) is 0 Å². The molecule has 2 saturated heterocycles. The summed E-state index contributed by atoms with van der Waals surface area (Å²) in [6.07, 6.45) is 0. The average Bonchev–Trinajstić information content (AvgIpc) is 3.49. The lowest BCUT2D eigenvalue weighted by molar-refractivity contribution is -0.135. The molecule has 2 unspecified atom stereocenters. The fraction of sp³-hybridized carbons (Fsp3) is 0.375. The van der Waals surface area contributed by atoms with Gasteiger partial charge in [-0.25, -0.2) is 0 Å². The Hall–Kier alpha value is -4.11. The Kier molecular flexibility index (Phi) is 8.97. The molecule has 9 nitrogen and oxygen atoms in total. The largest absolute Gasteiger partial charge is 0.495 e. The van der Waals surface area contributed by atoms with E-state index in [4.69, 9.17) is 30.5 Å². The zero-order valence-electron chi connectivity index (χ0n) is 24.3. The summed E-state index contributed by atoms with van der Waals surface area (Å²) in [6, 6.07) is 18.5. The van der Waals surface area contributed by atoms with Crippen LogP contribution in [0, 0.1) is 5.92 Å². The molecule has 10 heteroatoms.